The summed E-state index contributed by atoms with van der Waals surface area (Å²) in [5.74, 6) is 0.870. The van der Waals surface area contributed by atoms with Crippen molar-refractivity contribution in [1.29, 1.82) is 0 Å². The van der Waals surface area contributed by atoms with Crippen LogP contribution >= 0.6 is 0 Å². The van der Waals surface area contributed by atoms with E-state index in [1.165, 1.54) is 0 Å². The van der Waals surface area contributed by atoms with Crippen molar-refractivity contribution in [3.05, 3.63) is 0 Å². The monoisotopic (exact) mass is 168 g/mol. The molecule has 0 aliphatic heterocycles. The molecular formula is C10H16O2. The third-order valence-electron chi connectivity index (χ3n) is 2.63. The molecule has 0 atom stereocenters. The first-order chi connectivity index (χ1) is 5.72. The van der Waals surface area contributed by atoms with Crippen molar-refractivity contribution in [1.82, 2.24) is 0 Å². The maximum atomic E-state index is 11.1. The molecule has 0 unspecified atom stereocenters. The summed E-state index contributed by atoms with van der Waals surface area (Å²) in [7, 11) is 0. The molecule has 1 fully saturated rings. The molecule has 12 heavy (non-hydrogen) atoms. The van der Waals surface area contributed by atoms with Crippen LogP contribution < -0.4 is 0 Å². The first-order valence-electron chi connectivity index (χ1n) is 4.75. The van der Waals surface area contributed by atoms with Gasteiger partial charge in [-0.05, 0) is 18.8 Å². The molecule has 0 bridgehead atoms. The van der Waals surface area contributed by atoms with E-state index in [-0.39, 0.29) is 18.0 Å². The zero-order chi connectivity index (χ0) is 8.97. The number of hydrogen-bond acceptors (Lipinski definition) is 2. The second-order valence-electron chi connectivity index (χ2n) is 3.61. The summed E-state index contributed by atoms with van der Waals surface area (Å²) in [5.41, 5.74) is 0. The van der Waals surface area contributed by atoms with E-state index in [1.54, 1.807) is 0 Å². The second kappa shape index (κ2) is 4.39. The summed E-state index contributed by atoms with van der Waals surface area (Å²) >= 11 is 0. The van der Waals surface area contributed by atoms with Gasteiger partial charge in [0, 0.05) is 12.8 Å². The number of Topliss-reactive ketones (excluding diaryl/α,β-unsaturated/α-hetero) is 2. The molecule has 68 valence electrons. The van der Waals surface area contributed by atoms with Crippen molar-refractivity contribution < 1.29 is 9.59 Å². The van der Waals surface area contributed by atoms with Gasteiger partial charge in [-0.2, -0.15) is 0 Å². The van der Waals surface area contributed by atoms with Crippen molar-refractivity contribution in [2.45, 2.75) is 45.4 Å². The number of hydrogen-bond donors (Lipinski definition) is 0. The third-order valence-corrected chi connectivity index (χ3v) is 2.63. The van der Waals surface area contributed by atoms with E-state index in [4.69, 9.17) is 0 Å². The summed E-state index contributed by atoms with van der Waals surface area (Å²) in [6.07, 6.45) is 4.50. The van der Waals surface area contributed by atoms with Gasteiger partial charge in [-0.25, -0.2) is 0 Å². The zero-order valence-electron chi connectivity index (χ0n) is 7.64. The number of rotatable bonds is 1. The highest BCUT2D eigenvalue weighted by Gasteiger charge is 2.17. The van der Waals surface area contributed by atoms with Gasteiger partial charge in [-0.15, -0.1) is 0 Å². The van der Waals surface area contributed by atoms with Crippen molar-refractivity contribution in [3.8, 4) is 0 Å². The minimum atomic E-state index is 0.137. The Kier molecular flexibility index (Phi) is 3.45. The van der Waals surface area contributed by atoms with Gasteiger partial charge in [0.25, 0.3) is 0 Å². The Hall–Kier alpha value is -0.660. The quantitative estimate of drug-likeness (QED) is 0.562. The Bertz CT molecular complexity index is 166. The van der Waals surface area contributed by atoms with Crippen LogP contribution in [0.5, 0.6) is 0 Å². The predicted molar refractivity (Wildman–Crippen MR) is 46.9 cm³/mol. The minimum absolute atomic E-state index is 0.137. The Balaban J connectivity index is 2.47. The van der Waals surface area contributed by atoms with E-state index >= 15 is 0 Å². The van der Waals surface area contributed by atoms with Gasteiger partial charge in [0.2, 0.25) is 0 Å². The van der Waals surface area contributed by atoms with Gasteiger partial charge in [-0.3, -0.25) is 9.59 Å². The lowest BCUT2D eigenvalue weighted by atomic mass is 9.88. The lowest BCUT2D eigenvalue weighted by Crippen LogP contribution is -2.15. The van der Waals surface area contributed by atoms with Crippen molar-refractivity contribution in [2.75, 3.05) is 0 Å². The maximum absolute atomic E-state index is 11.1. The summed E-state index contributed by atoms with van der Waals surface area (Å²) in [4.78, 5) is 22.2. The number of ketones is 2. The van der Waals surface area contributed by atoms with Crippen molar-refractivity contribution >= 4 is 11.6 Å². The lowest BCUT2D eigenvalue weighted by molar-refractivity contribution is -0.128. The molecule has 1 aliphatic rings. The summed E-state index contributed by atoms with van der Waals surface area (Å²) in [5, 5.41) is 0. The van der Waals surface area contributed by atoms with Crippen LogP contribution in [-0.4, -0.2) is 11.6 Å². The standard InChI is InChI=1S/C10H16O2/c1-2-8-3-5-9(11)7-10(12)6-4-8/h8H,2-7H2,1H3. The molecule has 0 radical (unpaired) electrons. The zero-order valence-corrected chi connectivity index (χ0v) is 7.64. The van der Waals surface area contributed by atoms with E-state index in [1.807, 2.05) is 0 Å². The third kappa shape index (κ3) is 2.76. The molecule has 0 heterocycles. The summed E-state index contributed by atoms with van der Waals surface area (Å²) in [6.45, 7) is 2.13. The predicted octanol–water partition coefficient (Wildman–Crippen LogP) is 2.11. The molecular weight excluding hydrogens is 152 g/mol. The fraction of sp³-hybridized carbons (Fsp3) is 0.800. The molecule has 0 aromatic carbocycles. The molecule has 1 saturated carbocycles. The largest absolute Gasteiger partial charge is 0.299 e. The van der Waals surface area contributed by atoms with Crippen LogP contribution in [0.2, 0.25) is 0 Å². The summed E-state index contributed by atoms with van der Waals surface area (Å²) < 4.78 is 0. The molecule has 0 saturated heterocycles. The van der Waals surface area contributed by atoms with Crippen LogP contribution in [-0.2, 0) is 9.59 Å². The van der Waals surface area contributed by atoms with Crippen molar-refractivity contribution in [2.24, 2.45) is 5.92 Å². The smallest absolute Gasteiger partial charge is 0.140 e. The van der Waals surface area contributed by atoms with E-state index in [2.05, 4.69) is 6.92 Å². The normalized spacial score (nSPS) is 22.1. The van der Waals surface area contributed by atoms with E-state index in [9.17, 15) is 9.59 Å². The van der Waals surface area contributed by atoms with E-state index in [0.29, 0.717) is 18.8 Å². The Morgan fingerprint density at radius 1 is 1.17 bits per heavy atom. The van der Waals surface area contributed by atoms with Gasteiger partial charge in [0.05, 0.1) is 6.42 Å². The van der Waals surface area contributed by atoms with Crippen LogP contribution in [0.1, 0.15) is 45.4 Å². The molecule has 0 aromatic heterocycles. The van der Waals surface area contributed by atoms with Crippen LogP contribution in [0.25, 0.3) is 0 Å². The van der Waals surface area contributed by atoms with Crippen LogP contribution in [0.4, 0.5) is 0 Å². The second-order valence-corrected chi connectivity index (χ2v) is 3.61. The fourth-order valence-electron chi connectivity index (χ4n) is 1.68. The van der Waals surface area contributed by atoms with Gasteiger partial charge in [-0.1, -0.05) is 13.3 Å². The molecule has 0 amide bonds. The number of carbonyl (C=O) groups is 2. The Morgan fingerprint density at radius 3 is 2.08 bits per heavy atom. The number of carbonyl (C=O) groups excluding carboxylic acids is 2. The highest BCUT2D eigenvalue weighted by molar-refractivity contribution is 5.99. The van der Waals surface area contributed by atoms with E-state index in [0.717, 1.165) is 19.3 Å². The first kappa shape index (κ1) is 9.43. The first-order valence-corrected chi connectivity index (χ1v) is 4.75. The van der Waals surface area contributed by atoms with E-state index < -0.39 is 0 Å². The molecule has 0 N–H and O–H groups in total. The highest BCUT2D eigenvalue weighted by Crippen LogP contribution is 2.21. The van der Waals surface area contributed by atoms with Crippen LogP contribution in [0, 0.1) is 5.92 Å². The SMILES string of the molecule is CCC1CCC(=O)CC(=O)CC1. The van der Waals surface area contributed by atoms with Crippen molar-refractivity contribution in [3.63, 3.8) is 0 Å². The highest BCUT2D eigenvalue weighted by atomic mass is 16.1. The molecule has 1 aliphatic carbocycles. The van der Waals surface area contributed by atoms with Gasteiger partial charge < -0.3 is 0 Å². The Labute approximate surface area is 73.3 Å². The fourth-order valence-corrected chi connectivity index (χ4v) is 1.68. The maximum Gasteiger partial charge on any atom is 0.140 e. The van der Waals surface area contributed by atoms with Gasteiger partial charge in [0.15, 0.2) is 0 Å². The van der Waals surface area contributed by atoms with Gasteiger partial charge >= 0.3 is 0 Å². The summed E-state index contributed by atoms with van der Waals surface area (Å²) in [6, 6.07) is 0. The average Bonchev–Trinajstić information content (AvgIpc) is 2.02. The molecule has 1 rings (SSSR count). The van der Waals surface area contributed by atoms with Crippen LogP contribution in [0.3, 0.4) is 0 Å². The minimum Gasteiger partial charge on any atom is -0.299 e. The molecule has 2 nitrogen and oxygen atoms in total. The lowest BCUT2D eigenvalue weighted by Gasteiger charge is -2.16. The molecule has 2 heteroatoms. The van der Waals surface area contributed by atoms with Gasteiger partial charge in [0.1, 0.15) is 11.6 Å². The average molecular weight is 168 g/mol. The van der Waals surface area contributed by atoms with Crippen LogP contribution in [0.15, 0.2) is 0 Å². The molecule has 0 aromatic rings. The Morgan fingerprint density at radius 2 is 1.67 bits per heavy atom. The molecule has 0 spiro atoms. The topological polar surface area (TPSA) is 34.1 Å².